The number of hydrogen-bond donors (Lipinski definition) is 1. The maximum absolute atomic E-state index is 12.4. The molecule has 0 saturated carbocycles. The van der Waals surface area contributed by atoms with Crippen LogP contribution >= 0.6 is 0 Å². The Labute approximate surface area is 146 Å². The second-order valence-electron chi connectivity index (χ2n) is 5.84. The first-order chi connectivity index (χ1) is 12.0. The van der Waals surface area contributed by atoms with Gasteiger partial charge < -0.3 is 10.1 Å². The van der Waals surface area contributed by atoms with Crippen molar-refractivity contribution >= 4 is 11.6 Å². The van der Waals surface area contributed by atoms with Crippen LogP contribution in [0.5, 0.6) is 5.88 Å². The van der Waals surface area contributed by atoms with E-state index >= 15 is 0 Å². The molecule has 3 rings (SSSR count). The fraction of sp³-hybridized carbons (Fsp3) is 0.211. The van der Waals surface area contributed by atoms with Gasteiger partial charge in [0, 0.05) is 18.0 Å². The van der Waals surface area contributed by atoms with E-state index in [1.54, 1.807) is 24.0 Å². The number of pyridine rings is 1. The molecule has 128 valence electrons. The number of carbonyl (C=O) groups is 1. The minimum absolute atomic E-state index is 0.246. The maximum Gasteiger partial charge on any atom is 0.265 e. The van der Waals surface area contributed by atoms with Crippen molar-refractivity contribution < 1.29 is 9.53 Å². The molecule has 1 unspecified atom stereocenters. The molecule has 0 saturated heterocycles. The summed E-state index contributed by atoms with van der Waals surface area (Å²) in [5.74, 6) is 0.194. The maximum atomic E-state index is 12.4. The zero-order valence-corrected chi connectivity index (χ0v) is 14.4. The van der Waals surface area contributed by atoms with Gasteiger partial charge in [-0.15, -0.1) is 5.10 Å². The smallest absolute Gasteiger partial charge is 0.265 e. The summed E-state index contributed by atoms with van der Waals surface area (Å²) in [6, 6.07) is 11.6. The lowest BCUT2D eigenvalue weighted by Crippen LogP contribution is -2.30. The number of benzene rings is 1. The molecule has 6 heteroatoms. The lowest BCUT2D eigenvalue weighted by molar-refractivity contribution is -0.122. The van der Waals surface area contributed by atoms with Crippen molar-refractivity contribution in [1.29, 1.82) is 0 Å². The summed E-state index contributed by atoms with van der Waals surface area (Å²) in [5, 5.41) is 7.26. The lowest BCUT2D eigenvalue weighted by Gasteiger charge is -2.14. The number of nitrogens with one attached hydrogen (secondary N) is 1. The number of aromatic nitrogens is 3. The van der Waals surface area contributed by atoms with Crippen LogP contribution < -0.4 is 10.1 Å². The van der Waals surface area contributed by atoms with Crippen molar-refractivity contribution in [2.45, 2.75) is 26.9 Å². The van der Waals surface area contributed by atoms with Crippen LogP contribution in [0.2, 0.25) is 0 Å². The first-order valence-corrected chi connectivity index (χ1v) is 8.04. The Morgan fingerprint density at radius 1 is 1.16 bits per heavy atom. The molecule has 0 fully saturated rings. The van der Waals surface area contributed by atoms with Crippen LogP contribution in [0.4, 0.5) is 5.69 Å². The quantitative estimate of drug-likeness (QED) is 0.776. The van der Waals surface area contributed by atoms with Crippen LogP contribution in [0.25, 0.3) is 5.69 Å². The van der Waals surface area contributed by atoms with Gasteiger partial charge in [-0.25, -0.2) is 4.68 Å². The normalized spacial score (nSPS) is 11.8. The van der Waals surface area contributed by atoms with Crippen molar-refractivity contribution in [2.75, 3.05) is 5.32 Å². The summed E-state index contributed by atoms with van der Waals surface area (Å²) in [6.07, 6.45) is 4.50. The number of amides is 1. The number of carbonyl (C=O) groups excluding carboxylic acids is 1. The highest BCUT2D eigenvalue weighted by atomic mass is 16.5. The Hall–Kier alpha value is -3.15. The van der Waals surface area contributed by atoms with Crippen molar-refractivity contribution in [3.8, 4) is 11.6 Å². The molecular weight excluding hydrogens is 316 g/mol. The molecule has 6 nitrogen and oxygen atoms in total. The molecule has 0 radical (unpaired) electrons. The monoisotopic (exact) mass is 336 g/mol. The SMILES string of the molecule is Cc1ccncc1NC(=O)C(C)Oc1nn(-c2ccccc2)cc1C. The summed E-state index contributed by atoms with van der Waals surface area (Å²) in [5.41, 5.74) is 3.42. The standard InChI is InChI=1S/C19H20N4O2/c1-13-9-10-20-11-17(13)21-18(24)15(3)25-19-14(2)12-23(22-19)16-7-5-4-6-8-16/h4-12,15H,1-3H3,(H,21,24). The fourth-order valence-corrected chi connectivity index (χ4v) is 2.32. The Balaban J connectivity index is 1.71. The van der Waals surface area contributed by atoms with Crippen LogP contribution in [-0.2, 0) is 4.79 Å². The topological polar surface area (TPSA) is 69.0 Å². The highest BCUT2D eigenvalue weighted by Crippen LogP contribution is 2.20. The molecule has 25 heavy (non-hydrogen) atoms. The van der Waals surface area contributed by atoms with E-state index in [2.05, 4.69) is 15.4 Å². The van der Waals surface area contributed by atoms with Crippen molar-refractivity contribution in [3.05, 3.63) is 66.1 Å². The van der Waals surface area contributed by atoms with Crippen molar-refractivity contribution in [3.63, 3.8) is 0 Å². The van der Waals surface area contributed by atoms with Gasteiger partial charge in [-0.3, -0.25) is 9.78 Å². The molecule has 0 aliphatic rings. The van der Waals surface area contributed by atoms with Gasteiger partial charge in [0.2, 0.25) is 5.88 Å². The number of aryl methyl sites for hydroxylation is 2. The zero-order chi connectivity index (χ0) is 17.8. The molecule has 1 aromatic carbocycles. The number of ether oxygens (including phenoxy) is 1. The van der Waals surface area contributed by atoms with Crippen LogP contribution in [0.1, 0.15) is 18.1 Å². The van der Waals surface area contributed by atoms with Crippen LogP contribution in [0.15, 0.2) is 55.0 Å². The van der Waals surface area contributed by atoms with Gasteiger partial charge >= 0.3 is 0 Å². The predicted octanol–water partition coefficient (Wildman–Crippen LogP) is 3.29. The summed E-state index contributed by atoms with van der Waals surface area (Å²) in [4.78, 5) is 16.4. The van der Waals surface area contributed by atoms with Crippen molar-refractivity contribution in [1.82, 2.24) is 14.8 Å². The molecule has 0 bridgehead atoms. The van der Waals surface area contributed by atoms with E-state index in [0.717, 1.165) is 16.8 Å². The zero-order valence-electron chi connectivity index (χ0n) is 14.4. The Morgan fingerprint density at radius 2 is 1.92 bits per heavy atom. The number of rotatable bonds is 5. The highest BCUT2D eigenvalue weighted by Gasteiger charge is 2.18. The third-order valence-electron chi connectivity index (χ3n) is 3.83. The molecule has 0 aliphatic carbocycles. The molecule has 3 aromatic rings. The Kier molecular flexibility index (Phi) is 4.79. The Morgan fingerprint density at radius 3 is 2.64 bits per heavy atom. The van der Waals surface area contributed by atoms with Gasteiger partial charge in [0.1, 0.15) is 0 Å². The summed E-state index contributed by atoms with van der Waals surface area (Å²) in [7, 11) is 0. The van der Waals surface area contributed by atoms with Gasteiger partial charge in [-0.2, -0.15) is 0 Å². The van der Waals surface area contributed by atoms with Gasteiger partial charge in [0.25, 0.3) is 5.91 Å². The van der Waals surface area contributed by atoms with E-state index in [4.69, 9.17) is 4.74 Å². The number of para-hydroxylation sites is 1. The number of anilines is 1. The molecule has 2 heterocycles. The predicted molar refractivity (Wildman–Crippen MR) is 96.0 cm³/mol. The van der Waals surface area contributed by atoms with E-state index < -0.39 is 6.10 Å². The van der Waals surface area contributed by atoms with Crippen LogP contribution in [0, 0.1) is 13.8 Å². The average Bonchev–Trinajstić information content (AvgIpc) is 2.98. The lowest BCUT2D eigenvalue weighted by atomic mass is 10.2. The van der Waals surface area contributed by atoms with Crippen LogP contribution in [0.3, 0.4) is 0 Å². The summed E-state index contributed by atoms with van der Waals surface area (Å²) in [6.45, 7) is 5.51. The molecule has 0 aliphatic heterocycles. The summed E-state index contributed by atoms with van der Waals surface area (Å²) >= 11 is 0. The number of hydrogen-bond acceptors (Lipinski definition) is 4. The molecule has 1 N–H and O–H groups in total. The van der Waals surface area contributed by atoms with Gasteiger partial charge in [-0.1, -0.05) is 18.2 Å². The van der Waals surface area contributed by atoms with E-state index in [1.165, 1.54) is 0 Å². The second-order valence-corrected chi connectivity index (χ2v) is 5.84. The minimum atomic E-state index is -0.683. The summed E-state index contributed by atoms with van der Waals surface area (Å²) < 4.78 is 7.49. The average molecular weight is 336 g/mol. The largest absolute Gasteiger partial charge is 0.463 e. The van der Waals surface area contributed by atoms with E-state index in [1.807, 2.05) is 56.4 Å². The van der Waals surface area contributed by atoms with E-state index in [-0.39, 0.29) is 5.91 Å². The molecular formula is C19H20N4O2. The first kappa shape index (κ1) is 16.7. The minimum Gasteiger partial charge on any atom is -0.463 e. The number of nitrogens with zero attached hydrogens (tertiary/aromatic N) is 3. The van der Waals surface area contributed by atoms with Crippen molar-refractivity contribution in [2.24, 2.45) is 0 Å². The molecule has 2 aromatic heterocycles. The Bertz CT molecular complexity index is 874. The third kappa shape index (κ3) is 3.85. The molecule has 0 spiro atoms. The second kappa shape index (κ2) is 7.17. The van der Waals surface area contributed by atoms with E-state index in [9.17, 15) is 4.79 Å². The fourth-order valence-electron chi connectivity index (χ4n) is 2.32. The van der Waals surface area contributed by atoms with Gasteiger partial charge in [-0.05, 0) is 44.5 Å². The molecule has 1 amide bonds. The van der Waals surface area contributed by atoms with E-state index in [0.29, 0.717) is 11.6 Å². The van der Waals surface area contributed by atoms with Gasteiger partial charge in [0.05, 0.1) is 17.6 Å². The molecule has 1 atom stereocenters. The first-order valence-electron chi connectivity index (χ1n) is 8.04. The van der Waals surface area contributed by atoms with Crippen LogP contribution in [-0.4, -0.2) is 26.8 Å². The third-order valence-corrected chi connectivity index (χ3v) is 3.83. The highest BCUT2D eigenvalue weighted by molar-refractivity contribution is 5.94. The van der Waals surface area contributed by atoms with Gasteiger partial charge in [0.15, 0.2) is 6.10 Å².